The Labute approximate surface area is 162 Å². The minimum atomic E-state index is -1.49. The first-order valence-corrected chi connectivity index (χ1v) is 10.0. The maximum absolute atomic E-state index is 14.5. The first-order chi connectivity index (χ1) is 13.6. The van der Waals surface area contributed by atoms with Gasteiger partial charge in [-0.3, -0.25) is 4.57 Å². The van der Waals surface area contributed by atoms with E-state index in [0.717, 1.165) is 16.7 Å². The maximum atomic E-state index is 14.5. The Bertz CT molecular complexity index is 1070. The highest BCUT2D eigenvalue weighted by Crippen LogP contribution is 2.33. The molecule has 0 N–H and O–H groups in total. The minimum absolute atomic E-state index is 0.0612. The number of aromatic nitrogens is 2. The van der Waals surface area contributed by atoms with Gasteiger partial charge < -0.3 is 0 Å². The molecule has 3 aromatic carbocycles. The molecule has 28 heavy (non-hydrogen) atoms. The molecule has 0 spiro atoms. The zero-order valence-electron chi connectivity index (χ0n) is 15.0. The molecule has 0 atom stereocenters. The van der Waals surface area contributed by atoms with Gasteiger partial charge in [-0.2, -0.15) is 0 Å². The van der Waals surface area contributed by atoms with Gasteiger partial charge in [-0.1, -0.05) is 60.7 Å². The Kier molecular flexibility index (Phi) is 5.01. The van der Waals surface area contributed by atoms with E-state index in [2.05, 4.69) is 4.98 Å². The lowest BCUT2D eigenvalue weighted by atomic mass is 10.3. The van der Waals surface area contributed by atoms with Crippen LogP contribution in [0, 0.1) is 24.4 Å². The van der Waals surface area contributed by atoms with E-state index in [-0.39, 0.29) is 5.69 Å². The summed E-state index contributed by atoms with van der Waals surface area (Å²) in [6.45, 7) is 1.79. The zero-order chi connectivity index (χ0) is 19.7. The van der Waals surface area contributed by atoms with E-state index in [0.29, 0.717) is 11.3 Å². The van der Waals surface area contributed by atoms with Crippen molar-refractivity contribution in [2.24, 2.45) is 0 Å². The fraction of sp³-hybridized carbons (Fsp3) is 0.0455. The number of imidazole rings is 1. The molecule has 0 saturated carbocycles. The third kappa shape index (κ3) is 3.34. The molecule has 4 aromatic rings. The quantitative estimate of drug-likeness (QED) is 0.370. The summed E-state index contributed by atoms with van der Waals surface area (Å²) in [5.41, 5.74) is 1.20. The highest BCUT2D eigenvalue weighted by Gasteiger charge is 2.25. The van der Waals surface area contributed by atoms with Crippen LogP contribution in [0.15, 0.2) is 79.0 Å². The molecule has 0 amide bonds. The van der Waals surface area contributed by atoms with Crippen LogP contribution in [0.3, 0.4) is 0 Å². The highest BCUT2D eigenvalue weighted by molar-refractivity contribution is 7.79. The Hall–Kier alpha value is -2.91. The van der Waals surface area contributed by atoms with E-state index >= 15 is 0 Å². The summed E-state index contributed by atoms with van der Waals surface area (Å²) in [6.07, 6.45) is 1.65. The summed E-state index contributed by atoms with van der Waals surface area (Å²) in [4.78, 5) is 4.64. The molecule has 2 nitrogen and oxygen atoms in total. The lowest BCUT2D eigenvalue weighted by Gasteiger charge is -2.20. The molecular formula is C22H16F3N2P. The predicted octanol–water partition coefficient (Wildman–Crippen LogP) is 4.36. The van der Waals surface area contributed by atoms with Gasteiger partial charge >= 0.3 is 0 Å². The first-order valence-electron chi connectivity index (χ1n) is 8.66. The first kappa shape index (κ1) is 18.5. The molecule has 0 bridgehead atoms. The van der Waals surface area contributed by atoms with E-state index < -0.39 is 25.4 Å². The van der Waals surface area contributed by atoms with Crippen LogP contribution in [0.4, 0.5) is 13.2 Å². The van der Waals surface area contributed by atoms with Gasteiger partial charge in [0, 0.05) is 14.1 Å². The molecule has 1 heterocycles. The normalized spacial score (nSPS) is 11.2. The Balaban J connectivity index is 1.96. The standard InChI is InChI=1S/C22H16F3N2P/c1-15-14-27(19-13-12-18(23)20(24)21(19)25)22(26-15)28(16-8-4-2-5-9-16)17-10-6-3-7-11-17/h2-14H,1H3. The van der Waals surface area contributed by atoms with Crippen LogP contribution >= 0.6 is 7.92 Å². The van der Waals surface area contributed by atoms with E-state index in [1.54, 1.807) is 13.1 Å². The summed E-state index contributed by atoms with van der Waals surface area (Å²) in [5.74, 6) is -3.93. The van der Waals surface area contributed by atoms with Crippen molar-refractivity contribution in [3.8, 4) is 5.69 Å². The van der Waals surface area contributed by atoms with Crippen LogP contribution in [0.1, 0.15) is 5.69 Å². The number of rotatable bonds is 4. The summed E-state index contributed by atoms with van der Waals surface area (Å²) < 4.78 is 43.4. The van der Waals surface area contributed by atoms with Gasteiger partial charge in [-0.05, 0) is 29.7 Å². The fourth-order valence-electron chi connectivity index (χ4n) is 3.06. The number of nitrogens with zero attached hydrogens (tertiary/aromatic N) is 2. The second kappa shape index (κ2) is 7.61. The molecule has 140 valence electrons. The van der Waals surface area contributed by atoms with Crippen molar-refractivity contribution in [3.05, 3.63) is 102 Å². The van der Waals surface area contributed by atoms with E-state index in [1.807, 2.05) is 60.7 Å². The van der Waals surface area contributed by atoms with Crippen molar-refractivity contribution in [3.63, 3.8) is 0 Å². The molecule has 6 heteroatoms. The number of hydrogen-bond donors (Lipinski definition) is 0. The molecule has 0 aliphatic carbocycles. The van der Waals surface area contributed by atoms with Crippen molar-refractivity contribution in [1.82, 2.24) is 9.55 Å². The monoisotopic (exact) mass is 396 g/mol. The number of aryl methyl sites for hydroxylation is 1. The summed E-state index contributed by atoms with van der Waals surface area (Å²) >= 11 is 0. The maximum Gasteiger partial charge on any atom is 0.196 e. The van der Waals surface area contributed by atoms with E-state index in [4.69, 9.17) is 0 Å². The largest absolute Gasteiger partial charge is 0.296 e. The predicted molar refractivity (Wildman–Crippen MR) is 107 cm³/mol. The molecular weight excluding hydrogens is 380 g/mol. The second-order valence-electron chi connectivity index (χ2n) is 6.25. The SMILES string of the molecule is Cc1cn(-c2ccc(F)c(F)c2F)c(P(c2ccccc2)c2ccccc2)n1. The van der Waals surface area contributed by atoms with E-state index in [9.17, 15) is 13.2 Å². The number of halogens is 3. The molecule has 4 rings (SSSR count). The van der Waals surface area contributed by atoms with Crippen LogP contribution < -0.4 is 16.2 Å². The van der Waals surface area contributed by atoms with Crippen LogP contribution in [0.2, 0.25) is 0 Å². The van der Waals surface area contributed by atoms with Gasteiger partial charge in [0.25, 0.3) is 0 Å². The van der Waals surface area contributed by atoms with Crippen LogP contribution in [0.5, 0.6) is 0 Å². The summed E-state index contributed by atoms with van der Waals surface area (Å²) in [7, 11) is -1.13. The van der Waals surface area contributed by atoms with Crippen molar-refractivity contribution in [2.45, 2.75) is 6.92 Å². The zero-order valence-corrected chi connectivity index (χ0v) is 15.9. The van der Waals surface area contributed by atoms with Gasteiger partial charge in [0.05, 0.1) is 11.4 Å². The third-order valence-electron chi connectivity index (χ3n) is 4.31. The molecule has 0 aliphatic rings. The lowest BCUT2D eigenvalue weighted by molar-refractivity contribution is 0.445. The van der Waals surface area contributed by atoms with Crippen LogP contribution in [0.25, 0.3) is 5.69 Å². The average molecular weight is 396 g/mol. The van der Waals surface area contributed by atoms with Crippen molar-refractivity contribution < 1.29 is 13.2 Å². The Morgan fingerprint density at radius 1 is 0.750 bits per heavy atom. The smallest absolute Gasteiger partial charge is 0.196 e. The van der Waals surface area contributed by atoms with Crippen molar-refractivity contribution in [2.75, 3.05) is 0 Å². The number of hydrogen-bond acceptors (Lipinski definition) is 1. The average Bonchev–Trinajstić information content (AvgIpc) is 3.09. The lowest BCUT2D eigenvalue weighted by Crippen LogP contribution is -2.27. The van der Waals surface area contributed by atoms with Gasteiger partial charge in [-0.15, -0.1) is 0 Å². The fourth-order valence-corrected chi connectivity index (χ4v) is 5.40. The molecule has 0 radical (unpaired) electrons. The highest BCUT2D eigenvalue weighted by atomic mass is 31.1. The van der Waals surface area contributed by atoms with Crippen molar-refractivity contribution in [1.29, 1.82) is 0 Å². The van der Waals surface area contributed by atoms with Gasteiger partial charge in [-0.25, -0.2) is 18.2 Å². The molecule has 0 aliphatic heterocycles. The van der Waals surface area contributed by atoms with E-state index in [1.165, 1.54) is 10.6 Å². The van der Waals surface area contributed by atoms with Gasteiger partial charge in [0.1, 0.15) is 5.57 Å². The van der Waals surface area contributed by atoms with Crippen LogP contribution in [-0.4, -0.2) is 9.55 Å². The molecule has 0 unspecified atom stereocenters. The Morgan fingerprint density at radius 2 is 1.32 bits per heavy atom. The van der Waals surface area contributed by atoms with Gasteiger partial charge in [0.2, 0.25) is 0 Å². The number of benzene rings is 3. The minimum Gasteiger partial charge on any atom is -0.296 e. The summed E-state index contributed by atoms with van der Waals surface area (Å²) in [5, 5.41) is 2.05. The topological polar surface area (TPSA) is 17.8 Å². The van der Waals surface area contributed by atoms with Crippen molar-refractivity contribution >= 4 is 24.1 Å². The summed E-state index contributed by atoms with van der Waals surface area (Å²) in [6, 6.07) is 21.7. The molecule has 0 fully saturated rings. The van der Waals surface area contributed by atoms with Crippen LogP contribution in [-0.2, 0) is 0 Å². The molecule has 1 aromatic heterocycles. The van der Waals surface area contributed by atoms with Gasteiger partial charge in [0.15, 0.2) is 17.5 Å². The Morgan fingerprint density at radius 3 is 1.89 bits per heavy atom. The second-order valence-corrected chi connectivity index (χ2v) is 8.36. The molecule has 0 saturated heterocycles. The third-order valence-corrected chi connectivity index (χ3v) is 6.66.